The summed E-state index contributed by atoms with van der Waals surface area (Å²) in [7, 11) is 4.29. The molecule has 5 nitrogen and oxygen atoms in total. The summed E-state index contributed by atoms with van der Waals surface area (Å²) in [5.41, 5.74) is 9.64. The summed E-state index contributed by atoms with van der Waals surface area (Å²) >= 11 is 0. The lowest BCUT2D eigenvalue weighted by atomic mass is 10.1. The van der Waals surface area contributed by atoms with Crippen molar-refractivity contribution >= 4 is 0 Å². The first kappa shape index (κ1) is 16.2. The molecule has 1 aliphatic heterocycles. The fourth-order valence-electron chi connectivity index (χ4n) is 3.53. The van der Waals surface area contributed by atoms with Gasteiger partial charge < -0.3 is 15.2 Å². The van der Waals surface area contributed by atoms with Crippen molar-refractivity contribution < 1.29 is 0 Å². The molecule has 2 N–H and O–H groups in total. The lowest BCUT2D eigenvalue weighted by Gasteiger charge is -2.37. The average Bonchev–Trinajstić information content (AvgIpc) is 2.86. The number of nitrogens with zero attached hydrogens (tertiary/aromatic N) is 4. The third kappa shape index (κ3) is 3.17. The molecule has 0 aliphatic carbocycles. The molecule has 0 amide bonds. The van der Waals surface area contributed by atoms with Crippen molar-refractivity contribution in [2.45, 2.75) is 13.0 Å². The first-order chi connectivity index (χ1) is 11.1. The number of benzene rings is 1. The molecule has 0 saturated carbocycles. The van der Waals surface area contributed by atoms with Crippen molar-refractivity contribution in [3.63, 3.8) is 0 Å². The number of aromatic nitrogens is 2. The van der Waals surface area contributed by atoms with E-state index in [0.29, 0.717) is 6.54 Å². The first-order valence-corrected chi connectivity index (χ1v) is 8.33. The van der Waals surface area contributed by atoms with Gasteiger partial charge in [0.05, 0.1) is 17.4 Å². The largest absolute Gasteiger partial charge is 0.329 e. The van der Waals surface area contributed by atoms with Gasteiger partial charge in [-0.25, -0.2) is 4.98 Å². The lowest BCUT2D eigenvalue weighted by Crippen LogP contribution is -2.48. The van der Waals surface area contributed by atoms with Gasteiger partial charge in [-0.05, 0) is 14.0 Å². The second-order valence-electron chi connectivity index (χ2n) is 6.42. The fourth-order valence-corrected chi connectivity index (χ4v) is 3.53. The van der Waals surface area contributed by atoms with E-state index < -0.39 is 0 Å². The minimum Gasteiger partial charge on any atom is -0.329 e. The molecular weight excluding hydrogens is 286 g/mol. The van der Waals surface area contributed by atoms with Crippen LogP contribution in [0.25, 0.3) is 11.4 Å². The summed E-state index contributed by atoms with van der Waals surface area (Å²) in [5.74, 6) is 1.02. The zero-order chi connectivity index (χ0) is 16.4. The van der Waals surface area contributed by atoms with E-state index in [2.05, 4.69) is 59.7 Å². The minimum atomic E-state index is 0.235. The predicted octanol–water partition coefficient (Wildman–Crippen LogP) is 1.64. The van der Waals surface area contributed by atoms with E-state index in [0.717, 1.165) is 43.3 Å². The molecule has 1 fully saturated rings. The molecule has 1 aromatic carbocycles. The Morgan fingerprint density at radius 2 is 1.74 bits per heavy atom. The fraction of sp³-hybridized carbons (Fsp3) is 0.500. The normalized spacial score (nSPS) is 18.3. The Hall–Kier alpha value is -1.69. The molecule has 23 heavy (non-hydrogen) atoms. The molecule has 0 bridgehead atoms. The van der Waals surface area contributed by atoms with E-state index in [-0.39, 0.29) is 6.04 Å². The Morgan fingerprint density at radius 3 is 2.35 bits per heavy atom. The molecule has 0 radical (unpaired) electrons. The van der Waals surface area contributed by atoms with Gasteiger partial charge in [0.1, 0.15) is 5.82 Å². The number of imidazole rings is 1. The Morgan fingerprint density at radius 1 is 1.09 bits per heavy atom. The van der Waals surface area contributed by atoms with Crippen molar-refractivity contribution in [2.75, 3.05) is 39.8 Å². The molecule has 5 heteroatoms. The summed E-state index contributed by atoms with van der Waals surface area (Å²) in [4.78, 5) is 9.70. The Balaban J connectivity index is 1.94. The van der Waals surface area contributed by atoms with Crippen LogP contribution in [0, 0.1) is 6.92 Å². The van der Waals surface area contributed by atoms with Crippen LogP contribution < -0.4 is 5.73 Å². The zero-order valence-corrected chi connectivity index (χ0v) is 14.4. The number of hydrogen-bond donors (Lipinski definition) is 1. The molecule has 1 unspecified atom stereocenters. The summed E-state index contributed by atoms with van der Waals surface area (Å²) < 4.78 is 2.22. The van der Waals surface area contributed by atoms with Gasteiger partial charge in [0.2, 0.25) is 0 Å². The number of likely N-dealkylation sites (N-methyl/N-ethyl adjacent to an activating group) is 1. The lowest BCUT2D eigenvalue weighted by molar-refractivity contribution is 0.111. The summed E-state index contributed by atoms with van der Waals surface area (Å²) in [6, 6.07) is 10.6. The molecule has 124 valence electrons. The van der Waals surface area contributed by atoms with E-state index in [9.17, 15) is 0 Å². The van der Waals surface area contributed by atoms with Gasteiger partial charge in [0, 0.05) is 45.3 Å². The van der Waals surface area contributed by atoms with Gasteiger partial charge >= 0.3 is 0 Å². The van der Waals surface area contributed by atoms with Gasteiger partial charge in [-0.1, -0.05) is 30.3 Å². The van der Waals surface area contributed by atoms with Crippen LogP contribution in [0.1, 0.15) is 17.4 Å². The SMILES string of the molecule is Cc1nc(-c2ccccc2)n(C)c1C(CN)N1CCN(C)CC1. The third-order valence-corrected chi connectivity index (χ3v) is 4.87. The highest BCUT2D eigenvalue weighted by atomic mass is 15.3. The van der Waals surface area contributed by atoms with Crippen molar-refractivity contribution in [3.05, 3.63) is 41.7 Å². The molecule has 1 aromatic heterocycles. The van der Waals surface area contributed by atoms with E-state index in [1.54, 1.807) is 0 Å². The van der Waals surface area contributed by atoms with Gasteiger partial charge in [-0.15, -0.1) is 0 Å². The van der Waals surface area contributed by atoms with Crippen molar-refractivity contribution in [1.29, 1.82) is 0 Å². The molecule has 3 rings (SSSR count). The number of nitrogens with two attached hydrogens (primary N) is 1. The molecule has 1 saturated heterocycles. The highest BCUT2D eigenvalue weighted by molar-refractivity contribution is 5.56. The number of hydrogen-bond acceptors (Lipinski definition) is 4. The van der Waals surface area contributed by atoms with Crippen molar-refractivity contribution in [3.8, 4) is 11.4 Å². The Bertz CT molecular complexity index is 641. The maximum absolute atomic E-state index is 6.16. The first-order valence-electron chi connectivity index (χ1n) is 8.33. The van der Waals surface area contributed by atoms with Crippen LogP contribution in [0.4, 0.5) is 0 Å². The van der Waals surface area contributed by atoms with Gasteiger partial charge in [-0.3, -0.25) is 4.90 Å². The van der Waals surface area contributed by atoms with Gasteiger partial charge in [0.25, 0.3) is 0 Å². The quantitative estimate of drug-likeness (QED) is 0.932. The highest BCUT2D eigenvalue weighted by Gasteiger charge is 2.27. The molecule has 2 aromatic rings. The Labute approximate surface area is 138 Å². The van der Waals surface area contributed by atoms with E-state index in [4.69, 9.17) is 10.7 Å². The number of aryl methyl sites for hydroxylation is 1. The number of rotatable bonds is 4. The molecule has 1 atom stereocenters. The monoisotopic (exact) mass is 313 g/mol. The van der Waals surface area contributed by atoms with Crippen LogP contribution in [0.3, 0.4) is 0 Å². The third-order valence-electron chi connectivity index (χ3n) is 4.87. The van der Waals surface area contributed by atoms with E-state index >= 15 is 0 Å². The molecule has 0 spiro atoms. The Kier molecular flexibility index (Phi) is 4.80. The summed E-state index contributed by atoms with van der Waals surface area (Å²) in [6.07, 6.45) is 0. The number of piperazine rings is 1. The standard InChI is InChI=1S/C18H27N5/c1-14-17(16(13-19)23-11-9-21(2)10-12-23)22(3)18(20-14)15-7-5-4-6-8-15/h4-8,16H,9-13,19H2,1-3H3. The molecular formula is C18H27N5. The maximum atomic E-state index is 6.16. The second-order valence-corrected chi connectivity index (χ2v) is 6.42. The van der Waals surface area contributed by atoms with Crippen LogP contribution >= 0.6 is 0 Å². The highest BCUT2D eigenvalue weighted by Crippen LogP contribution is 2.28. The smallest absolute Gasteiger partial charge is 0.140 e. The topological polar surface area (TPSA) is 50.3 Å². The summed E-state index contributed by atoms with van der Waals surface area (Å²) in [5, 5.41) is 0. The minimum absolute atomic E-state index is 0.235. The van der Waals surface area contributed by atoms with E-state index in [1.165, 1.54) is 5.69 Å². The predicted molar refractivity (Wildman–Crippen MR) is 94.2 cm³/mol. The van der Waals surface area contributed by atoms with Gasteiger partial charge in [0.15, 0.2) is 0 Å². The van der Waals surface area contributed by atoms with Crippen molar-refractivity contribution in [1.82, 2.24) is 19.4 Å². The maximum Gasteiger partial charge on any atom is 0.140 e. The van der Waals surface area contributed by atoms with Crippen LogP contribution in [0.5, 0.6) is 0 Å². The van der Waals surface area contributed by atoms with E-state index in [1.807, 2.05) is 6.07 Å². The summed E-state index contributed by atoms with van der Waals surface area (Å²) in [6.45, 7) is 7.03. The average molecular weight is 313 g/mol. The van der Waals surface area contributed by atoms with Crippen molar-refractivity contribution in [2.24, 2.45) is 12.8 Å². The molecule has 2 heterocycles. The zero-order valence-electron chi connectivity index (χ0n) is 14.4. The second kappa shape index (κ2) is 6.83. The van der Waals surface area contributed by atoms with Crippen LogP contribution in [-0.2, 0) is 7.05 Å². The van der Waals surface area contributed by atoms with Crippen LogP contribution in [0.15, 0.2) is 30.3 Å². The van der Waals surface area contributed by atoms with Crippen LogP contribution in [0.2, 0.25) is 0 Å². The van der Waals surface area contributed by atoms with Crippen LogP contribution in [-0.4, -0.2) is 59.1 Å². The van der Waals surface area contributed by atoms with Gasteiger partial charge in [-0.2, -0.15) is 0 Å². The molecule has 1 aliphatic rings.